The molecule has 4 heteroatoms. The molecule has 0 aliphatic rings. The largest absolute Gasteiger partial charge is 0.493 e. The summed E-state index contributed by atoms with van der Waals surface area (Å²) in [4.78, 5) is 14.5. The third-order valence-corrected chi connectivity index (χ3v) is 3.33. The van der Waals surface area contributed by atoms with Gasteiger partial charge in [-0.25, -0.2) is 0 Å². The second-order valence-corrected chi connectivity index (χ2v) is 4.71. The molecule has 0 bridgehead atoms. The van der Waals surface area contributed by atoms with E-state index in [9.17, 15) is 4.79 Å². The van der Waals surface area contributed by atoms with Crippen LogP contribution in [0, 0.1) is 0 Å². The van der Waals surface area contributed by atoms with Crippen LogP contribution in [0.5, 0.6) is 5.75 Å². The first-order valence-electron chi connectivity index (χ1n) is 6.80. The maximum absolute atomic E-state index is 12.3. The zero-order valence-electron chi connectivity index (χ0n) is 11.9. The number of ether oxygens (including phenoxy) is 1. The maximum Gasteiger partial charge on any atom is 0.167 e. The van der Waals surface area contributed by atoms with E-state index in [2.05, 4.69) is 18.7 Å². The van der Waals surface area contributed by atoms with Crippen molar-refractivity contribution >= 4 is 17.4 Å². The molecule has 0 aliphatic heterocycles. The summed E-state index contributed by atoms with van der Waals surface area (Å²) >= 11 is 5.96. The quantitative estimate of drug-likeness (QED) is 0.682. The molecule has 0 saturated heterocycles. The molecule has 0 fully saturated rings. The first-order chi connectivity index (χ1) is 9.12. The second-order valence-electron chi connectivity index (χ2n) is 4.27. The Hall–Kier alpha value is -1.06. The summed E-state index contributed by atoms with van der Waals surface area (Å²) in [5.41, 5.74) is 0.585. The first kappa shape index (κ1) is 16.0. The number of rotatable bonds is 8. The molecule has 1 aromatic carbocycles. The van der Waals surface area contributed by atoms with Crippen LogP contribution in [-0.4, -0.2) is 36.9 Å². The van der Waals surface area contributed by atoms with Crippen LogP contribution in [0.15, 0.2) is 18.2 Å². The molecule has 0 unspecified atom stereocenters. The summed E-state index contributed by atoms with van der Waals surface area (Å²) in [6, 6.07) is 5.20. The van der Waals surface area contributed by atoms with E-state index in [1.54, 1.807) is 18.2 Å². The highest BCUT2D eigenvalue weighted by molar-refractivity contribution is 6.31. The fourth-order valence-electron chi connectivity index (χ4n) is 1.94. The van der Waals surface area contributed by atoms with Crippen molar-refractivity contribution < 1.29 is 9.53 Å². The Morgan fingerprint density at radius 2 is 1.95 bits per heavy atom. The minimum absolute atomic E-state index is 0.0813. The SMILES string of the molecule is CCOc1ccc(Cl)cc1C(=O)CCN(CC)CC. The van der Waals surface area contributed by atoms with Crippen molar-refractivity contribution in [1.82, 2.24) is 4.90 Å². The van der Waals surface area contributed by atoms with Crippen LogP contribution in [0.2, 0.25) is 5.02 Å². The lowest BCUT2D eigenvalue weighted by atomic mass is 10.1. The van der Waals surface area contributed by atoms with Crippen LogP contribution in [-0.2, 0) is 0 Å². The van der Waals surface area contributed by atoms with Crippen molar-refractivity contribution in [3.8, 4) is 5.75 Å². The molecule has 0 spiro atoms. The standard InChI is InChI=1S/C15H22ClNO2/c1-4-17(5-2)10-9-14(18)13-11-12(16)7-8-15(13)19-6-3/h7-8,11H,4-6,9-10H2,1-3H3. The van der Waals surface area contributed by atoms with Crippen LogP contribution < -0.4 is 4.74 Å². The van der Waals surface area contributed by atoms with E-state index in [0.29, 0.717) is 29.4 Å². The average Bonchev–Trinajstić information content (AvgIpc) is 2.42. The van der Waals surface area contributed by atoms with E-state index in [0.717, 1.165) is 19.6 Å². The number of carbonyl (C=O) groups is 1. The van der Waals surface area contributed by atoms with Crippen LogP contribution >= 0.6 is 11.6 Å². The van der Waals surface area contributed by atoms with Gasteiger partial charge in [-0.3, -0.25) is 4.79 Å². The maximum atomic E-state index is 12.3. The van der Waals surface area contributed by atoms with Crippen molar-refractivity contribution in [3.63, 3.8) is 0 Å². The van der Waals surface area contributed by atoms with Gasteiger partial charge in [0.15, 0.2) is 5.78 Å². The molecular formula is C15H22ClNO2. The van der Waals surface area contributed by atoms with Crippen LogP contribution in [0.3, 0.4) is 0 Å². The zero-order chi connectivity index (χ0) is 14.3. The Labute approximate surface area is 120 Å². The average molecular weight is 284 g/mol. The molecule has 0 saturated carbocycles. The summed E-state index contributed by atoms with van der Waals surface area (Å²) in [5.74, 6) is 0.703. The number of hydrogen-bond acceptors (Lipinski definition) is 3. The van der Waals surface area contributed by atoms with E-state index in [-0.39, 0.29) is 5.78 Å². The zero-order valence-corrected chi connectivity index (χ0v) is 12.7. The smallest absolute Gasteiger partial charge is 0.167 e. The summed E-state index contributed by atoms with van der Waals surface area (Å²) in [5, 5.41) is 0.564. The molecule has 1 aromatic rings. The second kappa shape index (κ2) is 8.18. The number of carbonyl (C=O) groups excluding carboxylic acids is 1. The minimum atomic E-state index is 0.0813. The summed E-state index contributed by atoms with van der Waals surface area (Å²) < 4.78 is 5.48. The molecule has 0 N–H and O–H groups in total. The highest BCUT2D eigenvalue weighted by Crippen LogP contribution is 2.24. The Morgan fingerprint density at radius 1 is 1.26 bits per heavy atom. The monoisotopic (exact) mass is 283 g/mol. The predicted molar refractivity (Wildman–Crippen MR) is 79.4 cm³/mol. The van der Waals surface area contributed by atoms with Crippen molar-refractivity contribution in [3.05, 3.63) is 28.8 Å². The fourth-order valence-corrected chi connectivity index (χ4v) is 2.11. The van der Waals surface area contributed by atoms with Crippen molar-refractivity contribution in [1.29, 1.82) is 0 Å². The molecule has 0 heterocycles. The van der Waals surface area contributed by atoms with Crippen molar-refractivity contribution in [2.24, 2.45) is 0 Å². The van der Waals surface area contributed by atoms with Gasteiger partial charge in [-0.1, -0.05) is 25.4 Å². The van der Waals surface area contributed by atoms with Gasteiger partial charge in [0.2, 0.25) is 0 Å². The van der Waals surface area contributed by atoms with Crippen LogP contribution in [0.4, 0.5) is 0 Å². The molecule has 0 aliphatic carbocycles. The Kier molecular flexibility index (Phi) is 6.89. The number of halogens is 1. The molecule has 0 atom stereocenters. The van der Waals surface area contributed by atoms with Gasteiger partial charge in [0.05, 0.1) is 12.2 Å². The van der Waals surface area contributed by atoms with E-state index >= 15 is 0 Å². The molecular weight excluding hydrogens is 262 g/mol. The first-order valence-corrected chi connectivity index (χ1v) is 7.18. The van der Waals surface area contributed by atoms with Gasteiger partial charge in [-0.05, 0) is 38.2 Å². The summed E-state index contributed by atoms with van der Waals surface area (Å²) in [6.07, 6.45) is 0.488. The van der Waals surface area contributed by atoms with Gasteiger partial charge >= 0.3 is 0 Å². The topological polar surface area (TPSA) is 29.5 Å². The van der Waals surface area contributed by atoms with Gasteiger partial charge < -0.3 is 9.64 Å². The molecule has 1 rings (SSSR count). The number of ketones is 1. The summed E-state index contributed by atoms with van der Waals surface area (Å²) in [7, 11) is 0. The number of hydrogen-bond donors (Lipinski definition) is 0. The van der Waals surface area contributed by atoms with Gasteiger partial charge in [0.1, 0.15) is 5.75 Å². The van der Waals surface area contributed by atoms with E-state index in [1.165, 1.54) is 0 Å². The summed E-state index contributed by atoms with van der Waals surface area (Å²) in [6.45, 7) is 9.31. The van der Waals surface area contributed by atoms with Gasteiger partial charge in [-0.2, -0.15) is 0 Å². The number of Topliss-reactive ketones (excluding diaryl/α,β-unsaturated/α-hetero) is 1. The molecule has 0 radical (unpaired) electrons. The van der Waals surface area contributed by atoms with E-state index in [1.807, 2.05) is 6.92 Å². The normalized spacial score (nSPS) is 10.8. The highest BCUT2D eigenvalue weighted by atomic mass is 35.5. The lowest BCUT2D eigenvalue weighted by Gasteiger charge is -2.17. The Balaban J connectivity index is 2.77. The molecule has 0 aromatic heterocycles. The van der Waals surface area contributed by atoms with Gasteiger partial charge in [-0.15, -0.1) is 0 Å². The van der Waals surface area contributed by atoms with Crippen molar-refractivity contribution in [2.45, 2.75) is 27.2 Å². The molecule has 3 nitrogen and oxygen atoms in total. The lowest BCUT2D eigenvalue weighted by molar-refractivity contribution is 0.0963. The predicted octanol–water partition coefficient (Wildman–Crippen LogP) is 3.65. The fraction of sp³-hybridized carbons (Fsp3) is 0.533. The number of benzene rings is 1. The van der Waals surface area contributed by atoms with E-state index < -0.39 is 0 Å². The van der Waals surface area contributed by atoms with E-state index in [4.69, 9.17) is 16.3 Å². The van der Waals surface area contributed by atoms with Crippen LogP contribution in [0.25, 0.3) is 0 Å². The lowest BCUT2D eigenvalue weighted by Crippen LogP contribution is -2.25. The molecule has 19 heavy (non-hydrogen) atoms. The Morgan fingerprint density at radius 3 is 2.53 bits per heavy atom. The van der Waals surface area contributed by atoms with Gasteiger partial charge in [0.25, 0.3) is 0 Å². The highest BCUT2D eigenvalue weighted by Gasteiger charge is 2.14. The van der Waals surface area contributed by atoms with Crippen molar-refractivity contribution in [2.75, 3.05) is 26.2 Å². The third kappa shape index (κ3) is 4.84. The number of nitrogens with zero attached hydrogens (tertiary/aromatic N) is 1. The molecule has 0 amide bonds. The molecule has 106 valence electrons. The third-order valence-electron chi connectivity index (χ3n) is 3.09. The Bertz CT molecular complexity index is 417. The minimum Gasteiger partial charge on any atom is -0.493 e. The van der Waals surface area contributed by atoms with Gasteiger partial charge in [0, 0.05) is 18.0 Å². The van der Waals surface area contributed by atoms with Crippen LogP contribution in [0.1, 0.15) is 37.6 Å².